The van der Waals surface area contributed by atoms with E-state index in [4.69, 9.17) is 4.98 Å². The first kappa shape index (κ1) is 21.2. The van der Waals surface area contributed by atoms with E-state index in [1.54, 1.807) is 54.0 Å². The van der Waals surface area contributed by atoms with E-state index in [0.717, 1.165) is 6.42 Å². The Kier molecular flexibility index (Phi) is 6.49. The Bertz CT molecular complexity index is 1140. The number of fused-ring (bicyclic) bond motifs is 1. The van der Waals surface area contributed by atoms with Gasteiger partial charge in [0.2, 0.25) is 10.0 Å². The highest BCUT2D eigenvalue weighted by atomic mass is 32.2. The Hall–Kier alpha value is -2.51. The Balaban J connectivity index is 2.18. The van der Waals surface area contributed by atoms with Crippen LogP contribution in [-0.2, 0) is 16.6 Å². The molecule has 0 bridgehead atoms. The molecule has 0 aliphatic heterocycles. The van der Waals surface area contributed by atoms with E-state index in [9.17, 15) is 13.2 Å². The van der Waals surface area contributed by atoms with Crippen LogP contribution in [0.2, 0.25) is 0 Å². The average molecular weight is 414 g/mol. The first-order chi connectivity index (χ1) is 13.9. The van der Waals surface area contributed by atoms with Crippen molar-refractivity contribution in [2.75, 3.05) is 6.54 Å². The van der Waals surface area contributed by atoms with Crippen LogP contribution in [-0.4, -0.2) is 28.8 Å². The molecule has 0 saturated heterocycles. The molecule has 154 valence electrons. The summed E-state index contributed by atoms with van der Waals surface area (Å²) < 4.78 is 29.8. The van der Waals surface area contributed by atoms with E-state index in [1.807, 2.05) is 26.0 Å². The maximum Gasteiger partial charge on any atom is 0.261 e. The minimum Gasteiger partial charge on any atom is -0.295 e. The van der Waals surface area contributed by atoms with Gasteiger partial charge in [-0.05, 0) is 44.0 Å². The molecule has 29 heavy (non-hydrogen) atoms. The summed E-state index contributed by atoms with van der Waals surface area (Å²) in [6.07, 6.45) is 1.40. The summed E-state index contributed by atoms with van der Waals surface area (Å²) in [5.41, 5.74) is 0.452. The van der Waals surface area contributed by atoms with Crippen molar-refractivity contribution in [3.8, 4) is 0 Å². The Labute approximate surface area is 171 Å². The molecule has 0 fully saturated rings. The van der Waals surface area contributed by atoms with Gasteiger partial charge in [-0.3, -0.25) is 9.36 Å². The number of para-hydroxylation sites is 1. The molecule has 2 aromatic carbocycles. The number of rotatable bonds is 8. The fourth-order valence-electron chi connectivity index (χ4n) is 3.54. The summed E-state index contributed by atoms with van der Waals surface area (Å²) in [7, 11) is -3.73. The van der Waals surface area contributed by atoms with Crippen molar-refractivity contribution < 1.29 is 8.42 Å². The molecule has 6 nitrogen and oxygen atoms in total. The molecule has 0 saturated carbocycles. The smallest absolute Gasteiger partial charge is 0.261 e. The lowest BCUT2D eigenvalue weighted by atomic mass is 10.2. The van der Waals surface area contributed by atoms with Crippen LogP contribution in [0.15, 0.2) is 64.3 Å². The van der Waals surface area contributed by atoms with Crippen LogP contribution in [0.5, 0.6) is 0 Å². The van der Waals surface area contributed by atoms with Crippen molar-refractivity contribution in [2.45, 2.75) is 51.1 Å². The molecule has 0 N–H and O–H groups in total. The van der Waals surface area contributed by atoms with Crippen LogP contribution in [0, 0.1) is 0 Å². The first-order valence-electron chi connectivity index (χ1n) is 9.98. The van der Waals surface area contributed by atoms with Gasteiger partial charge >= 0.3 is 0 Å². The van der Waals surface area contributed by atoms with Gasteiger partial charge in [-0.25, -0.2) is 13.4 Å². The second kappa shape index (κ2) is 8.88. The molecule has 1 unspecified atom stereocenters. The summed E-state index contributed by atoms with van der Waals surface area (Å²) in [6.45, 7) is 6.56. The highest BCUT2D eigenvalue weighted by molar-refractivity contribution is 7.89. The summed E-state index contributed by atoms with van der Waals surface area (Å²) in [5, 5.41) is 0.546. The fourth-order valence-corrected chi connectivity index (χ4v) is 5.25. The third kappa shape index (κ3) is 4.11. The average Bonchev–Trinajstić information content (AvgIpc) is 2.74. The highest BCUT2D eigenvalue weighted by Gasteiger charge is 2.32. The Morgan fingerprint density at radius 2 is 1.66 bits per heavy atom. The number of hydrogen-bond acceptors (Lipinski definition) is 4. The van der Waals surface area contributed by atoms with Crippen LogP contribution in [0.1, 0.15) is 45.5 Å². The van der Waals surface area contributed by atoms with Crippen molar-refractivity contribution in [3.63, 3.8) is 0 Å². The lowest BCUT2D eigenvalue weighted by Gasteiger charge is -2.29. The lowest BCUT2D eigenvalue weighted by Crippen LogP contribution is -2.38. The molecule has 3 aromatic rings. The third-order valence-corrected chi connectivity index (χ3v) is 6.92. The van der Waals surface area contributed by atoms with Gasteiger partial charge in [0.1, 0.15) is 5.82 Å². The second-order valence-corrected chi connectivity index (χ2v) is 8.94. The normalized spacial score (nSPS) is 13.1. The SMILES string of the molecule is CCCN(C(C)c1nc2ccccc2c(=O)n1CCC)S(=O)(=O)c1ccccc1. The fraction of sp³-hybridized carbons (Fsp3) is 0.364. The predicted molar refractivity (Wildman–Crippen MR) is 115 cm³/mol. The van der Waals surface area contributed by atoms with Crippen molar-refractivity contribution >= 4 is 20.9 Å². The number of benzene rings is 2. The van der Waals surface area contributed by atoms with Gasteiger partial charge in [-0.15, -0.1) is 0 Å². The molecule has 1 aromatic heterocycles. The molecule has 0 spiro atoms. The predicted octanol–water partition coefficient (Wildman–Crippen LogP) is 3.97. The van der Waals surface area contributed by atoms with Crippen LogP contribution >= 0.6 is 0 Å². The highest BCUT2D eigenvalue weighted by Crippen LogP contribution is 2.27. The quantitative estimate of drug-likeness (QED) is 0.560. The molecule has 1 heterocycles. The topological polar surface area (TPSA) is 72.3 Å². The largest absolute Gasteiger partial charge is 0.295 e. The molecule has 7 heteroatoms. The van der Waals surface area contributed by atoms with Crippen LogP contribution in [0.25, 0.3) is 10.9 Å². The van der Waals surface area contributed by atoms with E-state index in [1.165, 1.54) is 4.31 Å². The monoisotopic (exact) mass is 413 g/mol. The number of aromatic nitrogens is 2. The zero-order valence-corrected chi connectivity index (χ0v) is 17.9. The summed E-state index contributed by atoms with van der Waals surface area (Å²) in [4.78, 5) is 18.1. The molecule has 0 aliphatic carbocycles. The Morgan fingerprint density at radius 1 is 1.00 bits per heavy atom. The van der Waals surface area contributed by atoms with Crippen LogP contribution in [0.4, 0.5) is 0 Å². The minimum absolute atomic E-state index is 0.132. The molecule has 1 atom stereocenters. The zero-order chi connectivity index (χ0) is 21.0. The third-order valence-electron chi connectivity index (χ3n) is 4.94. The van der Waals surface area contributed by atoms with Crippen molar-refractivity contribution in [3.05, 3.63) is 70.8 Å². The zero-order valence-electron chi connectivity index (χ0n) is 17.1. The van der Waals surface area contributed by atoms with E-state index in [0.29, 0.717) is 36.2 Å². The van der Waals surface area contributed by atoms with Crippen molar-refractivity contribution in [1.82, 2.24) is 13.9 Å². The van der Waals surface area contributed by atoms with Gasteiger partial charge in [-0.2, -0.15) is 4.31 Å². The van der Waals surface area contributed by atoms with Crippen molar-refractivity contribution in [1.29, 1.82) is 0 Å². The number of sulfonamides is 1. The lowest BCUT2D eigenvalue weighted by molar-refractivity contribution is 0.320. The summed E-state index contributed by atoms with van der Waals surface area (Å²) in [6, 6.07) is 15.0. The van der Waals surface area contributed by atoms with Gasteiger partial charge in [-0.1, -0.05) is 44.2 Å². The van der Waals surface area contributed by atoms with Crippen molar-refractivity contribution in [2.24, 2.45) is 0 Å². The van der Waals surface area contributed by atoms with Gasteiger partial charge in [0, 0.05) is 13.1 Å². The maximum absolute atomic E-state index is 13.4. The van der Waals surface area contributed by atoms with Gasteiger partial charge in [0.15, 0.2) is 0 Å². The first-order valence-corrected chi connectivity index (χ1v) is 11.4. The maximum atomic E-state index is 13.4. The molecular formula is C22H27N3O3S. The Morgan fingerprint density at radius 3 is 2.31 bits per heavy atom. The molecule has 0 amide bonds. The van der Waals surface area contributed by atoms with Gasteiger partial charge < -0.3 is 0 Å². The van der Waals surface area contributed by atoms with E-state index in [-0.39, 0.29) is 10.5 Å². The van der Waals surface area contributed by atoms with E-state index >= 15 is 0 Å². The molecular weight excluding hydrogens is 386 g/mol. The van der Waals surface area contributed by atoms with Crippen LogP contribution < -0.4 is 5.56 Å². The van der Waals surface area contributed by atoms with E-state index < -0.39 is 16.1 Å². The molecule has 0 aliphatic rings. The molecule has 3 rings (SSSR count). The number of hydrogen-bond donors (Lipinski definition) is 0. The standard InChI is InChI=1S/C22H27N3O3S/c1-4-15-24-21(23-20-14-10-9-13-19(20)22(24)26)17(3)25(16-5-2)29(27,28)18-11-7-6-8-12-18/h6-14,17H,4-5,15-16H2,1-3H3. The van der Waals surface area contributed by atoms with Crippen LogP contribution in [0.3, 0.4) is 0 Å². The minimum atomic E-state index is -3.73. The molecule has 0 radical (unpaired) electrons. The summed E-state index contributed by atoms with van der Waals surface area (Å²) >= 11 is 0. The summed E-state index contributed by atoms with van der Waals surface area (Å²) in [5.74, 6) is 0.475. The van der Waals surface area contributed by atoms with Gasteiger partial charge in [0.05, 0.1) is 21.8 Å². The second-order valence-electron chi connectivity index (χ2n) is 7.05. The van der Waals surface area contributed by atoms with E-state index in [2.05, 4.69) is 0 Å². The number of nitrogens with zero attached hydrogens (tertiary/aromatic N) is 3. The van der Waals surface area contributed by atoms with Gasteiger partial charge in [0.25, 0.3) is 5.56 Å².